The molecule has 3 nitrogen and oxygen atoms in total. The van der Waals surface area contributed by atoms with Crippen LogP contribution in [0.25, 0.3) is 0 Å². The van der Waals surface area contributed by atoms with Gasteiger partial charge in [-0.1, -0.05) is 6.08 Å². The molecular formula is C9H18NO2S2+. The largest absolute Gasteiger partial charge is 0.348 e. The summed E-state index contributed by atoms with van der Waals surface area (Å²) in [5, 5.41) is 9.73. The van der Waals surface area contributed by atoms with Gasteiger partial charge in [-0.15, -0.1) is 0 Å². The van der Waals surface area contributed by atoms with E-state index in [2.05, 4.69) is 6.92 Å². The van der Waals surface area contributed by atoms with E-state index in [1.807, 2.05) is 12.3 Å². The number of hydrogen-bond acceptors (Lipinski definition) is 3. The summed E-state index contributed by atoms with van der Waals surface area (Å²) < 4.78 is 0. The molecule has 82 valence electrons. The Labute approximate surface area is 92.3 Å². The molecule has 0 aliphatic carbocycles. The van der Waals surface area contributed by atoms with E-state index < -0.39 is 0 Å². The van der Waals surface area contributed by atoms with Gasteiger partial charge in [0.25, 0.3) is 0 Å². The van der Waals surface area contributed by atoms with Crippen LogP contribution in [0.2, 0.25) is 0 Å². The van der Waals surface area contributed by atoms with Crippen molar-refractivity contribution < 1.29 is 9.90 Å². The minimum Gasteiger partial charge on any atom is -0.348 e. The summed E-state index contributed by atoms with van der Waals surface area (Å²) in [5.41, 5.74) is -0.300. The quantitative estimate of drug-likeness (QED) is 0.410. The van der Waals surface area contributed by atoms with Gasteiger partial charge in [0.05, 0.1) is 20.7 Å². The van der Waals surface area contributed by atoms with E-state index in [4.69, 9.17) is 0 Å². The summed E-state index contributed by atoms with van der Waals surface area (Å²) in [6.45, 7) is 2.07. The van der Waals surface area contributed by atoms with Gasteiger partial charge in [0.15, 0.2) is 0 Å². The zero-order valence-corrected chi connectivity index (χ0v) is 10.5. The first-order valence-electron chi connectivity index (χ1n) is 4.41. The lowest BCUT2D eigenvalue weighted by Crippen LogP contribution is -2.19. The van der Waals surface area contributed by atoms with Crippen LogP contribution in [0.15, 0.2) is 12.3 Å². The maximum absolute atomic E-state index is 10.2. The maximum Gasteiger partial charge on any atom is 0.231 e. The molecule has 0 aliphatic rings. The van der Waals surface area contributed by atoms with E-state index >= 15 is 0 Å². The monoisotopic (exact) mass is 236 g/mol. The standard InChI is InChI=1S/C9H18NO2S2/c1-4-14(13-3)9(12)6-5-7-10(2)8-11/h5,7-9,12H,4,6H2,1-3H3/q+1. The van der Waals surface area contributed by atoms with Crippen molar-refractivity contribution >= 4 is 27.1 Å². The SMILES string of the molecule is CC[S+](SC)C(O)CC=CN(C)C=O. The maximum atomic E-state index is 10.2. The minimum absolute atomic E-state index is 0.0143. The van der Waals surface area contributed by atoms with Gasteiger partial charge in [-0.05, 0) is 6.92 Å². The highest BCUT2D eigenvalue weighted by atomic mass is 33.1. The molecule has 0 aromatic rings. The van der Waals surface area contributed by atoms with Crippen LogP contribution in [-0.4, -0.2) is 40.9 Å². The van der Waals surface area contributed by atoms with Crippen molar-refractivity contribution in [3.05, 3.63) is 12.3 Å². The first-order chi connectivity index (χ1) is 6.65. The van der Waals surface area contributed by atoms with Crippen molar-refractivity contribution in [1.82, 2.24) is 4.90 Å². The molecule has 0 heterocycles. The summed E-state index contributed by atoms with van der Waals surface area (Å²) >= 11 is 0. The topological polar surface area (TPSA) is 40.5 Å². The van der Waals surface area contributed by atoms with Gasteiger partial charge >= 0.3 is 0 Å². The Kier molecular flexibility index (Phi) is 8.12. The van der Waals surface area contributed by atoms with Crippen LogP contribution >= 0.6 is 10.8 Å². The van der Waals surface area contributed by atoms with Crippen LogP contribution in [0.3, 0.4) is 0 Å². The molecule has 0 rings (SSSR count). The number of hydrogen-bond donors (Lipinski definition) is 1. The zero-order valence-electron chi connectivity index (χ0n) is 8.84. The van der Waals surface area contributed by atoms with Crippen molar-refractivity contribution in [2.45, 2.75) is 18.8 Å². The Morgan fingerprint density at radius 2 is 2.29 bits per heavy atom. The highest BCUT2D eigenvalue weighted by Gasteiger charge is 2.25. The molecule has 0 spiro atoms. The number of rotatable bonds is 7. The van der Waals surface area contributed by atoms with E-state index in [0.29, 0.717) is 6.42 Å². The molecule has 0 radical (unpaired) electrons. The number of nitrogens with zero attached hydrogens (tertiary/aromatic N) is 1. The first kappa shape index (κ1) is 13.9. The van der Waals surface area contributed by atoms with Crippen LogP contribution in [-0.2, 0) is 14.7 Å². The predicted molar refractivity (Wildman–Crippen MR) is 65.0 cm³/mol. The fourth-order valence-corrected chi connectivity index (χ4v) is 3.68. The normalized spacial score (nSPS) is 15.4. The molecule has 0 fully saturated rings. The Hall–Kier alpha value is -0.130. The zero-order chi connectivity index (χ0) is 11.0. The van der Waals surface area contributed by atoms with Gasteiger partial charge in [0, 0.05) is 25.9 Å². The van der Waals surface area contributed by atoms with Gasteiger partial charge < -0.3 is 10.0 Å². The summed E-state index contributed by atoms with van der Waals surface area (Å²) in [5.74, 6) is 0.986. The van der Waals surface area contributed by atoms with E-state index in [9.17, 15) is 9.90 Å². The van der Waals surface area contributed by atoms with Crippen molar-refractivity contribution in [3.63, 3.8) is 0 Å². The van der Waals surface area contributed by atoms with E-state index in [0.717, 1.165) is 12.2 Å². The fraction of sp³-hybridized carbons (Fsp3) is 0.667. The summed E-state index contributed by atoms with van der Waals surface area (Å²) in [6.07, 6.45) is 6.85. The fourth-order valence-electron chi connectivity index (χ4n) is 0.907. The molecule has 0 aromatic heterocycles. The number of carbonyl (C=O) groups excluding carboxylic acids is 1. The third-order valence-corrected chi connectivity index (χ3v) is 6.10. The van der Waals surface area contributed by atoms with Crippen LogP contribution in [0, 0.1) is 0 Å². The molecule has 0 bridgehead atoms. The first-order valence-corrected chi connectivity index (χ1v) is 7.61. The molecule has 0 aliphatic heterocycles. The van der Waals surface area contributed by atoms with Gasteiger partial charge in [-0.3, -0.25) is 4.79 Å². The second kappa shape index (κ2) is 8.20. The molecule has 14 heavy (non-hydrogen) atoms. The van der Waals surface area contributed by atoms with Gasteiger partial charge in [-0.25, -0.2) is 0 Å². The van der Waals surface area contributed by atoms with Crippen molar-refractivity contribution in [3.8, 4) is 0 Å². The molecule has 0 saturated heterocycles. The predicted octanol–water partition coefficient (Wildman–Crippen LogP) is 1.21. The van der Waals surface area contributed by atoms with Crippen LogP contribution in [0.4, 0.5) is 0 Å². The average molecular weight is 236 g/mol. The van der Waals surface area contributed by atoms with E-state index in [1.165, 1.54) is 4.90 Å². The van der Waals surface area contributed by atoms with E-state index in [1.54, 1.807) is 24.0 Å². The van der Waals surface area contributed by atoms with Gasteiger partial charge in [0.1, 0.15) is 5.75 Å². The van der Waals surface area contributed by atoms with Gasteiger partial charge in [-0.2, -0.15) is 0 Å². The Morgan fingerprint density at radius 3 is 2.71 bits per heavy atom. The number of aliphatic hydroxyl groups is 1. The Balaban J connectivity index is 3.87. The molecule has 1 N–H and O–H groups in total. The Bertz CT molecular complexity index is 184. The van der Waals surface area contributed by atoms with Gasteiger partial charge in [0.2, 0.25) is 11.8 Å². The van der Waals surface area contributed by atoms with Crippen molar-refractivity contribution in [1.29, 1.82) is 0 Å². The number of amides is 1. The third kappa shape index (κ3) is 5.57. The molecule has 5 heteroatoms. The number of carbonyl (C=O) groups is 1. The summed E-state index contributed by atoms with van der Waals surface area (Å²) in [7, 11) is 3.39. The second-order valence-corrected chi connectivity index (χ2v) is 7.18. The van der Waals surface area contributed by atoms with E-state index in [-0.39, 0.29) is 15.4 Å². The minimum atomic E-state index is -0.300. The molecule has 0 aromatic carbocycles. The van der Waals surface area contributed by atoms with Crippen molar-refractivity contribution in [2.75, 3.05) is 19.1 Å². The molecule has 1 amide bonds. The lowest BCUT2D eigenvalue weighted by molar-refractivity contribution is -0.115. The smallest absolute Gasteiger partial charge is 0.231 e. The van der Waals surface area contributed by atoms with Crippen LogP contribution in [0.5, 0.6) is 0 Å². The molecule has 2 unspecified atom stereocenters. The summed E-state index contributed by atoms with van der Waals surface area (Å²) in [4.78, 5) is 11.7. The molecular weight excluding hydrogens is 218 g/mol. The summed E-state index contributed by atoms with van der Waals surface area (Å²) in [6, 6.07) is 0. The van der Waals surface area contributed by atoms with Crippen LogP contribution < -0.4 is 0 Å². The second-order valence-electron chi connectivity index (χ2n) is 2.68. The molecule has 0 saturated carbocycles. The highest BCUT2D eigenvalue weighted by Crippen LogP contribution is 2.19. The van der Waals surface area contributed by atoms with Crippen LogP contribution in [0.1, 0.15) is 13.3 Å². The Morgan fingerprint density at radius 1 is 1.64 bits per heavy atom. The average Bonchev–Trinajstić information content (AvgIpc) is 2.19. The molecule has 2 atom stereocenters. The third-order valence-electron chi connectivity index (χ3n) is 1.65. The van der Waals surface area contributed by atoms with Crippen molar-refractivity contribution in [2.24, 2.45) is 0 Å². The highest BCUT2D eigenvalue weighted by molar-refractivity contribution is 8.74. The number of aliphatic hydroxyl groups excluding tert-OH is 1. The lowest BCUT2D eigenvalue weighted by atomic mass is 10.4. The lowest BCUT2D eigenvalue weighted by Gasteiger charge is -2.08.